The van der Waals surface area contributed by atoms with E-state index in [0.717, 1.165) is 41.3 Å². The Labute approximate surface area is 278 Å². The van der Waals surface area contributed by atoms with Gasteiger partial charge in [-0.15, -0.1) is 17.5 Å². The summed E-state index contributed by atoms with van der Waals surface area (Å²) in [6.07, 6.45) is 6.54. The van der Waals surface area contributed by atoms with Gasteiger partial charge in [-0.3, -0.25) is 9.59 Å². The lowest BCUT2D eigenvalue weighted by molar-refractivity contribution is 0.520. The third-order valence-electron chi connectivity index (χ3n) is 7.78. The highest BCUT2D eigenvalue weighted by molar-refractivity contribution is 7.59. The summed E-state index contributed by atoms with van der Waals surface area (Å²) in [5.74, 6) is 0.353. The predicted molar refractivity (Wildman–Crippen MR) is 177 cm³/mol. The highest BCUT2D eigenvalue weighted by Gasteiger charge is 2.32. The van der Waals surface area contributed by atoms with Gasteiger partial charge in [-0.05, 0) is 56.5 Å². The van der Waals surface area contributed by atoms with Crippen LogP contribution in [0.1, 0.15) is 55.0 Å². The molecule has 2 saturated heterocycles. The molecule has 2 fully saturated rings. The van der Waals surface area contributed by atoms with E-state index >= 15 is 0 Å². The van der Waals surface area contributed by atoms with E-state index in [1.807, 2.05) is 4.90 Å². The number of anilines is 1. The maximum Gasteiger partial charge on any atom is 0.275 e. The standard InChI is InChI=1S/C17H13FN8O.C10H11FN4O.ClH.2H2S/c18-12-4-3-11-17(27)23-14(24-26(11)12)10-2-1-5-25(10)16-13-9(6-19)7-20-15(13)21-8-22-16;11-8-4-3-7-10(16)13-9(14-15(7)8)6-2-1-5-12-6;;;/h3-4,7-8,10H,1-2,5H2,(H,20,21,22)(H,23,24,27);3-4,6,12H,1-2,5H2,(H,13,14,16);1H;2*1H2/t10-;6-;;;/m00.../s1. The summed E-state index contributed by atoms with van der Waals surface area (Å²) in [7, 11) is 0. The van der Waals surface area contributed by atoms with Crippen LogP contribution in [0.25, 0.3) is 22.1 Å². The largest absolute Gasteiger partial charge is 0.346 e. The van der Waals surface area contributed by atoms with Crippen molar-refractivity contribution in [1.82, 2.24) is 49.5 Å². The normalized spacial score (nSPS) is 17.2. The lowest BCUT2D eigenvalue weighted by Crippen LogP contribution is -2.28. The van der Waals surface area contributed by atoms with Gasteiger partial charge in [0.15, 0.2) is 5.82 Å². The number of rotatable bonds is 3. The molecule has 0 saturated carbocycles. The van der Waals surface area contributed by atoms with Crippen molar-refractivity contribution in [1.29, 1.82) is 5.26 Å². The van der Waals surface area contributed by atoms with Crippen LogP contribution in [0.5, 0.6) is 0 Å². The molecular formula is C27H29ClF2N12O2S2. The first-order valence-corrected chi connectivity index (χ1v) is 13.7. The number of hydrogen-bond donors (Lipinski definition) is 4. The van der Waals surface area contributed by atoms with Gasteiger partial charge in [-0.25, -0.2) is 9.97 Å². The summed E-state index contributed by atoms with van der Waals surface area (Å²) in [5, 5.41) is 21.6. The van der Waals surface area contributed by atoms with E-state index in [-0.39, 0.29) is 68.1 Å². The first-order chi connectivity index (χ1) is 20.9. The molecule has 19 heteroatoms. The number of nitrogens with one attached hydrogen (secondary N) is 4. The molecular weight excluding hydrogens is 662 g/mol. The number of nitrogens with zero attached hydrogens (tertiary/aromatic N) is 8. The van der Waals surface area contributed by atoms with E-state index in [2.05, 4.69) is 46.5 Å². The summed E-state index contributed by atoms with van der Waals surface area (Å²) in [6, 6.07) is 7.14. The maximum absolute atomic E-state index is 14.0. The van der Waals surface area contributed by atoms with Gasteiger partial charge >= 0.3 is 0 Å². The van der Waals surface area contributed by atoms with Crippen LogP contribution in [0.3, 0.4) is 0 Å². The van der Waals surface area contributed by atoms with Crippen molar-refractivity contribution < 1.29 is 8.78 Å². The Bertz CT molecular complexity index is 2170. The molecule has 0 unspecified atom stereocenters. The van der Waals surface area contributed by atoms with Crippen LogP contribution >= 0.6 is 39.4 Å². The smallest absolute Gasteiger partial charge is 0.275 e. The number of aromatic amines is 3. The second kappa shape index (κ2) is 13.9. The minimum Gasteiger partial charge on any atom is -0.346 e. The Morgan fingerprint density at radius 1 is 0.891 bits per heavy atom. The molecule has 2 atom stereocenters. The molecule has 0 amide bonds. The molecule has 4 N–H and O–H groups in total. The van der Waals surface area contributed by atoms with Crippen molar-refractivity contribution >= 4 is 67.3 Å². The van der Waals surface area contributed by atoms with E-state index in [1.54, 1.807) is 6.20 Å². The molecule has 6 aromatic rings. The lowest BCUT2D eigenvalue weighted by Gasteiger charge is -2.25. The number of H-pyrrole nitrogens is 3. The van der Waals surface area contributed by atoms with Crippen molar-refractivity contribution in [2.24, 2.45) is 0 Å². The molecule has 8 rings (SSSR count). The first kappa shape index (κ1) is 34.4. The van der Waals surface area contributed by atoms with Gasteiger partial charge in [0.2, 0.25) is 11.9 Å². The lowest BCUT2D eigenvalue weighted by atomic mass is 10.2. The Morgan fingerprint density at radius 3 is 2.17 bits per heavy atom. The average Bonchev–Trinajstić information content (AvgIpc) is 3.85. The SMILES string of the molecule is Cl.N#Cc1c[nH]c2ncnc(N3CCC[C@H]3c3nn4c(F)ccc4c(=O)[nH]3)c12.O=c1[nH]c([C@@H]2CCCN2)nn2c(F)ccc12.S.S. The maximum atomic E-state index is 14.0. The topological polar surface area (TPSA) is 181 Å². The zero-order chi connectivity index (χ0) is 29.7. The minimum atomic E-state index is -0.594. The molecule has 8 heterocycles. The van der Waals surface area contributed by atoms with Gasteiger partial charge in [0.1, 0.15) is 40.7 Å². The quantitative estimate of drug-likeness (QED) is 0.217. The fourth-order valence-electron chi connectivity index (χ4n) is 5.76. The Balaban J connectivity index is 0.000000219. The molecule has 0 spiro atoms. The number of halogens is 3. The summed E-state index contributed by atoms with van der Waals surface area (Å²) >= 11 is 0. The van der Waals surface area contributed by atoms with E-state index in [9.17, 15) is 23.6 Å². The second-order valence-corrected chi connectivity index (χ2v) is 10.3. The van der Waals surface area contributed by atoms with E-state index < -0.39 is 17.5 Å². The highest BCUT2D eigenvalue weighted by Crippen LogP contribution is 2.37. The van der Waals surface area contributed by atoms with Crippen LogP contribution < -0.4 is 21.3 Å². The van der Waals surface area contributed by atoms with Gasteiger partial charge in [-0.1, -0.05) is 0 Å². The van der Waals surface area contributed by atoms with Crippen LogP contribution in [-0.2, 0) is 0 Å². The molecule has 6 aromatic heterocycles. The fourth-order valence-corrected chi connectivity index (χ4v) is 5.76. The van der Waals surface area contributed by atoms with Crippen molar-refractivity contribution in [3.63, 3.8) is 0 Å². The van der Waals surface area contributed by atoms with Crippen LogP contribution in [0.15, 0.2) is 46.4 Å². The number of fused-ring (bicyclic) bond motifs is 3. The van der Waals surface area contributed by atoms with Gasteiger partial charge in [0.25, 0.3) is 11.1 Å². The van der Waals surface area contributed by atoms with Gasteiger partial charge < -0.3 is 25.2 Å². The highest BCUT2D eigenvalue weighted by atomic mass is 35.5. The summed E-state index contributed by atoms with van der Waals surface area (Å²) in [5.41, 5.74) is 0.697. The van der Waals surface area contributed by atoms with Gasteiger partial charge in [0.05, 0.1) is 23.0 Å². The molecule has 0 aromatic carbocycles. The fraction of sp³-hybridized carbons (Fsp3) is 0.296. The van der Waals surface area contributed by atoms with E-state index in [4.69, 9.17) is 0 Å². The van der Waals surface area contributed by atoms with Crippen LogP contribution in [0.2, 0.25) is 0 Å². The van der Waals surface area contributed by atoms with Crippen LogP contribution in [0, 0.1) is 23.2 Å². The first-order valence-electron chi connectivity index (χ1n) is 13.7. The summed E-state index contributed by atoms with van der Waals surface area (Å²) in [4.78, 5) is 42.9. The van der Waals surface area contributed by atoms with Gasteiger partial charge in [-0.2, -0.15) is 55.2 Å². The summed E-state index contributed by atoms with van der Waals surface area (Å²) in [6.45, 7) is 1.57. The molecule has 0 aliphatic carbocycles. The molecule has 242 valence electrons. The second-order valence-electron chi connectivity index (χ2n) is 10.3. The zero-order valence-electron chi connectivity index (χ0n) is 23.9. The molecule has 2 aliphatic heterocycles. The molecule has 2 aliphatic rings. The predicted octanol–water partition coefficient (Wildman–Crippen LogP) is 2.88. The Hall–Kier alpha value is -4.44. The monoisotopic (exact) mass is 690 g/mol. The number of hydrogen-bond acceptors (Lipinski definition) is 9. The van der Waals surface area contributed by atoms with Crippen molar-refractivity contribution in [2.45, 2.75) is 37.8 Å². The molecule has 0 radical (unpaired) electrons. The average molecular weight is 691 g/mol. The van der Waals surface area contributed by atoms with Crippen molar-refractivity contribution in [2.75, 3.05) is 18.0 Å². The molecule has 14 nitrogen and oxygen atoms in total. The number of aromatic nitrogens is 9. The van der Waals surface area contributed by atoms with Crippen molar-refractivity contribution in [3.05, 3.63) is 86.6 Å². The summed E-state index contributed by atoms with van der Waals surface area (Å²) < 4.78 is 29.3. The number of nitriles is 1. The van der Waals surface area contributed by atoms with Gasteiger partial charge in [0, 0.05) is 12.7 Å². The third-order valence-corrected chi connectivity index (χ3v) is 7.78. The molecule has 0 bridgehead atoms. The minimum absolute atomic E-state index is 0. The van der Waals surface area contributed by atoms with Crippen molar-refractivity contribution in [3.8, 4) is 6.07 Å². The van der Waals surface area contributed by atoms with E-state index in [0.29, 0.717) is 40.6 Å². The molecule has 46 heavy (non-hydrogen) atoms. The van der Waals surface area contributed by atoms with Crippen LogP contribution in [0.4, 0.5) is 14.6 Å². The Kier molecular flexibility index (Phi) is 10.4. The zero-order valence-corrected chi connectivity index (χ0v) is 26.7. The van der Waals surface area contributed by atoms with E-state index in [1.165, 1.54) is 30.6 Å². The Morgan fingerprint density at radius 2 is 1.54 bits per heavy atom. The van der Waals surface area contributed by atoms with Crippen LogP contribution in [-0.4, -0.2) is 57.2 Å². The third kappa shape index (κ3) is 5.93.